The minimum Gasteiger partial charge on any atom is -0.481 e. The van der Waals surface area contributed by atoms with Crippen molar-refractivity contribution in [2.45, 2.75) is 46.5 Å². The molecule has 2 heteroatoms. The molecule has 1 rings (SSSR count). The van der Waals surface area contributed by atoms with Crippen LogP contribution in [0.15, 0.2) is 0 Å². The van der Waals surface area contributed by atoms with E-state index in [9.17, 15) is 4.79 Å². The van der Waals surface area contributed by atoms with Crippen LogP contribution in [0.4, 0.5) is 0 Å². The van der Waals surface area contributed by atoms with E-state index in [0.29, 0.717) is 18.3 Å². The Morgan fingerprint density at radius 1 is 1.54 bits per heavy atom. The number of aliphatic carboxylic acids is 1. The molecule has 0 saturated heterocycles. The second-order valence-corrected chi connectivity index (χ2v) is 5.06. The summed E-state index contributed by atoms with van der Waals surface area (Å²) in [5.41, 5.74) is 0.218. The molecule has 0 amide bonds. The molecule has 0 aromatic heterocycles. The molecule has 2 unspecified atom stereocenters. The molecule has 1 aliphatic carbocycles. The van der Waals surface area contributed by atoms with Gasteiger partial charge in [0.15, 0.2) is 0 Å². The molecule has 76 valence electrons. The molecule has 1 fully saturated rings. The zero-order valence-electron chi connectivity index (χ0n) is 8.84. The molecule has 0 spiro atoms. The first kappa shape index (κ1) is 10.6. The van der Waals surface area contributed by atoms with Crippen LogP contribution < -0.4 is 0 Å². The van der Waals surface area contributed by atoms with Gasteiger partial charge in [-0.25, -0.2) is 0 Å². The second kappa shape index (κ2) is 3.69. The normalized spacial score (nSPS) is 32.8. The molecular weight excluding hydrogens is 164 g/mol. The highest BCUT2D eigenvalue weighted by Gasteiger charge is 2.37. The highest BCUT2D eigenvalue weighted by Crippen LogP contribution is 2.45. The Balaban J connectivity index is 2.68. The van der Waals surface area contributed by atoms with Crippen LogP contribution in [0.3, 0.4) is 0 Å². The van der Waals surface area contributed by atoms with Gasteiger partial charge in [0.25, 0.3) is 0 Å². The average Bonchev–Trinajstić information content (AvgIpc) is 1.96. The van der Waals surface area contributed by atoms with Gasteiger partial charge in [0.05, 0.1) is 0 Å². The Hall–Kier alpha value is -0.530. The van der Waals surface area contributed by atoms with Gasteiger partial charge in [-0.1, -0.05) is 33.6 Å². The third kappa shape index (κ3) is 2.45. The van der Waals surface area contributed by atoms with Crippen LogP contribution in [0.25, 0.3) is 0 Å². The maximum atomic E-state index is 10.7. The number of hydrogen-bond donors (Lipinski definition) is 1. The molecule has 0 aliphatic heterocycles. The van der Waals surface area contributed by atoms with Crippen LogP contribution >= 0.6 is 0 Å². The summed E-state index contributed by atoms with van der Waals surface area (Å²) in [5, 5.41) is 8.82. The number of carbonyl (C=O) groups is 1. The van der Waals surface area contributed by atoms with Crippen LogP contribution in [-0.4, -0.2) is 11.1 Å². The molecule has 0 radical (unpaired) electrons. The van der Waals surface area contributed by atoms with Gasteiger partial charge >= 0.3 is 5.97 Å². The van der Waals surface area contributed by atoms with Crippen molar-refractivity contribution < 1.29 is 9.90 Å². The SMILES string of the molecule is CC1CCCC(C)(C)C1CC(=O)O. The van der Waals surface area contributed by atoms with Crippen molar-refractivity contribution in [3.8, 4) is 0 Å². The Kier molecular flexibility index (Phi) is 2.99. The zero-order chi connectivity index (χ0) is 10.1. The molecule has 13 heavy (non-hydrogen) atoms. The lowest BCUT2D eigenvalue weighted by Gasteiger charge is -2.42. The number of carboxylic acid groups (broad SMARTS) is 1. The summed E-state index contributed by atoms with van der Waals surface area (Å²) in [5.74, 6) is 0.283. The van der Waals surface area contributed by atoms with E-state index in [4.69, 9.17) is 5.11 Å². The third-order valence-corrected chi connectivity index (χ3v) is 3.57. The smallest absolute Gasteiger partial charge is 0.303 e. The Bertz CT molecular complexity index is 196. The largest absolute Gasteiger partial charge is 0.481 e. The summed E-state index contributed by atoms with van der Waals surface area (Å²) >= 11 is 0. The molecule has 0 aromatic carbocycles. The van der Waals surface area contributed by atoms with Gasteiger partial charge in [-0.2, -0.15) is 0 Å². The molecule has 0 heterocycles. The van der Waals surface area contributed by atoms with E-state index in [2.05, 4.69) is 20.8 Å². The molecular formula is C11H20O2. The van der Waals surface area contributed by atoms with Gasteiger partial charge in [-0.05, 0) is 23.7 Å². The highest BCUT2D eigenvalue weighted by molar-refractivity contribution is 5.67. The van der Waals surface area contributed by atoms with Crippen molar-refractivity contribution in [1.29, 1.82) is 0 Å². The van der Waals surface area contributed by atoms with Crippen molar-refractivity contribution >= 4 is 5.97 Å². The predicted octanol–water partition coefficient (Wildman–Crippen LogP) is 2.92. The Morgan fingerprint density at radius 2 is 2.15 bits per heavy atom. The number of rotatable bonds is 2. The van der Waals surface area contributed by atoms with Gasteiger partial charge in [0.1, 0.15) is 0 Å². The summed E-state index contributed by atoms with van der Waals surface area (Å²) in [6, 6.07) is 0. The lowest BCUT2D eigenvalue weighted by atomic mass is 9.63. The summed E-state index contributed by atoms with van der Waals surface area (Å²) in [6.45, 7) is 6.60. The summed E-state index contributed by atoms with van der Waals surface area (Å²) < 4.78 is 0. The summed E-state index contributed by atoms with van der Waals surface area (Å²) in [6.07, 6.45) is 3.97. The van der Waals surface area contributed by atoms with Crippen molar-refractivity contribution in [3.05, 3.63) is 0 Å². The Labute approximate surface area is 80.3 Å². The molecule has 1 N–H and O–H groups in total. The molecule has 1 saturated carbocycles. The van der Waals surface area contributed by atoms with Gasteiger partial charge < -0.3 is 5.11 Å². The first-order valence-electron chi connectivity index (χ1n) is 5.15. The highest BCUT2D eigenvalue weighted by atomic mass is 16.4. The van der Waals surface area contributed by atoms with Crippen LogP contribution in [0.1, 0.15) is 46.5 Å². The van der Waals surface area contributed by atoms with E-state index in [1.807, 2.05) is 0 Å². The fourth-order valence-corrected chi connectivity index (χ4v) is 2.70. The predicted molar refractivity (Wildman–Crippen MR) is 52.5 cm³/mol. The fourth-order valence-electron chi connectivity index (χ4n) is 2.70. The van der Waals surface area contributed by atoms with E-state index in [1.54, 1.807) is 0 Å². The number of carboxylic acids is 1. The van der Waals surface area contributed by atoms with E-state index < -0.39 is 5.97 Å². The van der Waals surface area contributed by atoms with Crippen LogP contribution in [0.5, 0.6) is 0 Å². The quantitative estimate of drug-likeness (QED) is 0.716. The van der Waals surface area contributed by atoms with Crippen molar-refractivity contribution in [3.63, 3.8) is 0 Å². The maximum Gasteiger partial charge on any atom is 0.303 e. The van der Waals surface area contributed by atoms with Gasteiger partial charge in [0.2, 0.25) is 0 Å². The van der Waals surface area contributed by atoms with Crippen LogP contribution in [0, 0.1) is 17.3 Å². The third-order valence-electron chi connectivity index (χ3n) is 3.57. The molecule has 0 aromatic rings. The topological polar surface area (TPSA) is 37.3 Å². The van der Waals surface area contributed by atoms with Gasteiger partial charge in [0, 0.05) is 6.42 Å². The summed E-state index contributed by atoms with van der Waals surface area (Å²) in [7, 11) is 0. The van der Waals surface area contributed by atoms with E-state index in [-0.39, 0.29) is 5.41 Å². The lowest BCUT2D eigenvalue weighted by Crippen LogP contribution is -2.35. The van der Waals surface area contributed by atoms with Gasteiger partial charge in [-0.15, -0.1) is 0 Å². The molecule has 2 atom stereocenters. The van der Waals surface area contributed by atoms with Gasteiger partial charge in [-0.3, -0.25) is 4.79 Å². The maximum absolute atomic E-state index is 10.7. The minimum absolute atomic E-state index is 0.218. The molecule has 1 aliphatic rings. The zero-order valence-corrected chi connectivity index (χ0v) is 8.84. The fraction of sp³-hybridized carbons (Fsp3) is 0.909. The van der Waals surface area contributed by atoms with Crippen LogP contribution in [-0.2, 0) is 4.79 Å². The molecule has 0 bridgehead atoms. The summed E-state index contributed by atoms with van der Waals surface area (Å²) in [4.78, 5) is 10.7. The first-order chi connectivity index (χ1) is 5.93. The monoisotopic (exact) mass is 184 g/mol. The molecule has 2 nitrogen and oxygen atoms in total. The first-order valence-corrected chi connectivity index (χ1v) is 5.15. The average molecular weight is 184 g/mol. The van der Waals surface area contributed by atoms with Crippen molar-refractivity contribution in [1.82, 2.24) is 0 Å². The van der Waals surface area contributed by atoms with E-state index >= 15 is 0 Å². The standard InChI is InChI=1S/C11H20O2/c1-8-5-4-6-11(2,3)9(8)7-10(12)13/h8-9H,4-7H2,1-3H3,(H,12,13). The van der Waals surface area contributed by atoms with E-state index in [1.165, 1.54) is 19.3 Å². The Morgan fingerprint density at radius 3 is 2.62 bits per heavy atom. The lowest BCUT2D eigenvalue weighted by molar-refractivity contribution is -0.140. The number of hydrogen-bond acceptors (Lipinski definition) is 1. The minimum atomic E-state index is -0.646. The second-order valence-electron chi connectivity index (χ2n) is 5.06. The van der Waals surface area contributed by atoms with Crippen LogP contribution in [0.2, 0.25) is 0 Å². The van der Waals surface area contributed by atoms with Crippen molar-refractivity contribution in [2.75, 3.05) is 0 Å². The van der Waals surface area contributed by atoms with Crippen molar-refractivity contribution in [2.24, 2.45) is 17.3 Å². The van der Waals surface area contributed by atoms with E-state index in [0.717, 1.165) is 0 Å².